The van der Waals surface area contributed by atoms with Gasteiger partial charge in [-0.15, -0.1) is 0 Å². The number of nitrogens with zero attached hydrogens (tertiary/aromatic N) is 2. The zero-order valence-corrected chi connectivity index (χ0v) is 7.91. The molecular weight excluding hydrogens is 171 g/mol. The van der Waals surface area contributed by atoms with Crippen LogP contribution in [0.1, 0.15) is 0 Å². The van der Waals surface area contributed by atoms with Crippen LogP contribution in [0.4, 0.5) is 0 Å². The van der Waals surface area contributed by atoms with Gasteiger partial charge in [-0.05, 0) is 0 Å². The first kappa shape index (κ1) is 11.0. The zero-order chi connectivity index (χ0) is 9.07. The monoisotopic (exact) mass is 184 g/mol. The molecule has 6 nitrogen and oxygen atoms in total. The molecule has 68 valence electrons. The lowest BCUT2D eigenvalue weighted by molar-refractivity contribution is -0.0984. The third-order valence-electron chi connectivity index (χ3n) is 0.533. The summed E-state index contributed by atoms with van der Waals surface area (Å²) in [5.74, 6) is 0. The van der Waals surface area contributed by atoms with E-state index in [1.807, 2.05) is 0 Å². The van der Waals surface area contributed by atoms with Gasteiger partial charge >= 0.3 is 7.82 Å². The first-order valence-corrected chi connectivity index (χ1v) is 4.40. The molecule has 0 unspecified atom stereocenters. The summed E-state index contributed by atoms with van der Waals surface area (Å²) in [4.78, 5) is 8.88. The molecule has 0 spiro atoms. The summed E-state index contributed by atoms with van der Waals surface area (Å²) in [6.45, 7) is 0. The fraction of sp³-hybridized carbons (Fsp3) is 1.00. The van der Waals surface area contributed by atoms with E-state index in [1.165, 1.54) is 28.2 Å². The van der Waals surface area contributed by atoms with E-state index in [4.69, 9.17) is 4.89 Å². The van der Waals surface area contributed by atoms with Crippen LogP contribution in [0.15, 0.2) is 0 Å². The van der Waals surface area contributed by atoms with Gasteiger partial charge in [-0.1, -0.05) is 0 Å². The van der Waals surface area contributed by atoms with Crippen molar-refractivity contribution in [3.63, 3.8) is 0 Å². The molecule has 1 N–H and O–H groups in total. The van der Waals surface area contributed by atoms with E-state index in [-0.39, 0.29) is 0 Å². The molecule has 0 atom stereocenters. The van der Waals surface area contributed by atoms with Crippen LogP contribution in [0.3, 0.4) is 0 Å². The molecule has 0 fully saturated rings. The average Bonchev–Trinajstić information content (AvgIpc) is 1.53. The molecule has 0 aromatic heterocycles. The van der Waals surface area contributed by atoms with Crippen molar-refractivity contribution >= 4 is 7.82 Å². The molecule has 0 aliphatic carbocycles. The first-order chi connectivity index (χ1) is 4.83. The van der Waals surface area contributed by atoms with E-state index in [2.05, 4.69) is 9.25 Å². The molecule has 0 aromatic rings. The van der Waals surface area contributed by atoms with Crippen molar-refractivity contribution < 1.29 is 18.7 Å². The van der Waals surface area contributed by atoms with Gasteiger partial charge in [0.05, 0.1) is 0 Å². The molecule has 0 aliphatic heterocycles. The normalized spacial score (nSPS) is 13.0. The Labute approximate surface area is 65.8 Å². The van der Waals surface area contributed by atoms with Crippen molar-refractivity contribution in [1.29, 1.82) is 0 Å². The van der Waals surface area contributed by atoms with Gasteiger partial charge in [0.1, 0.15) is 0 Å². The second kappa shape index (κ2) is 4.15. The SMILES string of the molecule is CN(C)OP(=O)(O)ON(C)C. The lowest BCUT2D eigenvalue weighted by Crippen LogP contribution is -2.16. The Morgan fingerprint density at radius 3 is 1.55 bits per heavy atom. The van der Waals surface area contributed by atoms with Gasteiger partial charge in [0.25, 0.3) is 0 Å². The molecule has 0 bridgehead atoms. The maximum absolute atomic E-state index is 10.9. The highest BCUT2D eigenvalue weighted by Gasteiger charge is 2.24. The lowest BCUT2D eigenvalue weighted by atomic mass is 11.2. The molecule has 0 amide bonds. The molecule has 0 rings (SSSR count). The number of rotatable bonds is 4. The molecule has 0 radical (unpaired) electrons. The fourth-order valence-corrected chi connectivity index (χ4v) is 1.28. The topological polar surface area (TPSA) is 62.2 Å². The van der Waals surface area contributed by atoms with E-state index in [9.17, 15) is 4.57 Å². The third-order valence-corrected chi connectivity index (χ3v) is 1.60. The molecular formula is C4H13N2O4P. The highest BCUT2D eigenvalue weighted by molar-refractivity contribution is 7.47. The molecule has 0 saturated carbocycles. The van der Waals surface area contributed by atoms with Gasteiger partial charge in [-0.2, -0.15) is 19.4 Å². The number of phosphoric acid groups is 1. The maximum Gasteiger partial charge on any atom is 0.505 e. The minimum absolute atomic E-state index is 1.10. The maximum atomic E-state index is 10.9. The van der Waals surface area contributed by atoms with Crippen LogP contribution in [0.2, 0.25) is 0 Å². The Kier molecular flexibility index (Phi) is 4.17. The Morgan fingerprint density at radius 1 is 1.09 bits per heavy atom. The molecule has 0 aromatic carbocycles. The first-order valence-electron chi connectivity index (χ1n) is 2.90. The standard InChI is InChI=1S/C4H13N2O4P/c1-5(2)9-11(7,8)10-6(3)4/h1-4H3,(H,7,8). The summed E-state index contributed by atoms with van der Waals surface area (Å²) in [5.41, 5.74) is 0. The van der Waals surface area contributed by atoms with E-state index < -0.39 is 7.82 Å². The molecule has 7 heteroatoms. The summed E-state index contributed by atoms with van der Waals surface area (Å²) in [6.07, 6.45) is 0. The lowest BCUT2D eigenvalue weighted by Gasteiger charge is -2.18. The van der Waals surface area contributed by atoms with Gasteiger partial charge in [-0.3, -0.25) is 0 Å². The van der Waals surface area contributed by atoms with Crippen molar-refractivity contribution in [2.75, 3.05) is 28.2 Å². The van der Waals surface area contributed by atoms with Crippen molar-refractivity contribution in [1.82, 2.24) is 10.1 Å². The zero-order valence-electron chi connectivity index (χ0n) is 7.01. The van der Waals surface area contributed by atoms with Crippen LogP contribution in [0, 0.1) is 0 Å². The largest absolute Gasteiger partial charge is 0.505 e. The van der Waals surface area contributed by atoms with Gasteiger partial charge in [0.2, 0.25) is 0 Å². The van der Waals surface area contributed by atoms with Crippen molar-refractivity contribution in [3.05, 3.63) is 0 Å². The van der Waals surface area contributed by atoms with Crippen LogP contribution in [-0.2, 0) is 13.8 Å². The summed E-state index contributed by atoms with van der Waals surface area (Å²) in [7, 11) is 2.00. The highest BCUT2D eigenvalue weighted by atomic mass is 31.2. The summed E-state index contributed by atoms with van der Waals surface area (Å²) >= 11 is 0. The number of hydrogen-bond donors (Lipinski definition) is 1. The molecule has 0 aliphatic rings. The molecule has 0 heterocycles. The summed E-state index contributed by atoms with van der Waals surface area (Å²) in [6, 6.07) is 0. The Balaban J connectivity index is 3.91. The Morgan fingerprint density at radius 2 is 1.36 bits per heavy atom. The van der Waals surface area contributed by atoms with Crippen molar-refractivity contribution in [2.45, 2.75) is 0 Å². The summed E-state index contributed by atoms with van der Waals surface area (Å²) in [5, 5.41) is 2.20. The fourth-order valence-electron chi connectivity index (χ4n) is 0.428. The van der Waals surface area contributed by atoms with Gasteiger partial charge in [-0.25, -0.2) is 4.57 Å². The van der Waals surface area contributed by atoms with E-state index in [0.29, 0.717) is 0 Å². The predicted octanol–water partition coefficient (Wildman–Crippen LogP) is 0.0732. The van der Waals surface area contributed by atoms with Crippen LogP contribution in [0.25, 0.3) is 0 Å². The average molecular weight is 184 g/mol. The number of hydroxylamine groups is 4. The molecule has 0 saturated heterocycles. The second-order valence-electron chi connectivity index (χ2n) is 2.26. The van der Waals surface area contributed by atoms with Crippen LogP contribution < -0.4 is 0 Å². The van der Waals surface area contributed by atoms with E-state index in [0.717, 1.165) is 10.1 Å². The van der Waals surface area contributed by atoms with Gasteiger partial charge in [0.15, 0.2) is 0 Å². The quantitative estimate of drug-likeness (QED) is 0.493. The van der Waals surface area contributed by atoms with Crippen molar-refractivity contribution in [2.24, 2.45) is 0 Å². The summed E-state index contributed by atoms with van der Waals surface area (Å²) < 4.78 is 19.7. The van der Waals surface area contributed by atoms with Crippen LogP contribution in [0.5, 0.6) is 0 Å². The van der Waals surface area contributed by atoms with Crippen molar-refractivity contribution in [3.8, 4) is 0 Å². The Hall–Kier alpha value is 0.0300. The van der Waals surface area contributed by atoms with Gasteiger partial charge < -0.3 is 4.89 Å². The highest BCUT2D eigenvalue weighted by Crippen LogP contribution is 2.43. The van der Waals surface area contributed by atoms with Gasteiger partial charge in [0, 0.05) is 28.2 Å². The second-order valence-corrected chi connectivity index (χ2v) is 3.52. The number of hydrogen-bond acceptors (Lipinski definition) is 5. The predicted molar refractivity (Wildman–Crippen MR) is 39.4 cm³/mol. The minimum Gasteiger partial charge on any atom is -0.300 e. The van der Waals surface area contributed by atoms with Crippen LogP contribution >= 0.6 is 7.82 Å². The van der Waals surface area contributed by atoms with E-state index >= 15 is 0 Å². The van der Waals surface area contributed by atoms with Crippen LogP contribution in [-0.4, -0.2) is 43.2 Å². The Bertz CT molecular complexity index is 146. The molecule has 11 heavy (non-hydrogen) atoms. The third kappa shape index (κ3) is 6.43. The minimum atomic E-state index is -3.95. The van der Waals surface area contributed by atoms with E-state index in [1.54, 1.807) is 0 Å². The smallest absolute Gasteiger partial charge is 0.300 e.